The Labute approximate surface area is 161 Å². The summed E-state index contributed by atoms with van der Waals surface area (Å²) in [5.74, 6) is -0.0943. The van der Waals surface area contributed by atoms with Crippen LogP contribution in [0.15, 0.2) is 24.3 Å². The van der Waals surface area contributed by atoms with Crippen LogP contribution in [0.2, 0.25) is 0 Å². The number of sulfone groups is 2. The zero-order valence-corrected chi connectivity index (χ0v) is 17.1. The van der Waals surface area contributed by atoms with E-state index in [2.05, 4.69) is 5.32 Å². The zero-order chi connectivity index (χ0) is 19.7. The van der Waals surface area contributed by atoms with E-state index in [0.29, 0.717) is 18.5 Å². The van der Waals surface area contributed by atoms with E-state index in [1.54, 1.807) is 11.0 Å². The third kappa shape index (κ3) is 5.30. The van der Waals surface area contributed by atoms with Gasteiger partial charge in [0.15, 0.2) is 19.7 Å². The highest BCUT2D eigenvalue weighted by Crippen LogP contribution is 2.25. The lowest BCUT2D eigenvalue weighted by molar-refractivity contribution is -0.118. The topological polar surface area (TPSA) is 101 Å². The van der Waals surface area contributed by atoms with Gasteiger partial charge in [0, 0.05) is 17.8 Å². The lowest BCUT2D eigenvalue weighted by Gasteiger charge is -2.32. The van der Waals surface area contributed by atoms with Gasteiger partial charge in [-0.1, -0.05) is 19.1 Å². The smallest absolute Gasteiger partial charge is 0.238 e. The van der Waals surface area contributed by atoms with Gasteiger partial charge in [-0.3, -0.25) is 9.69 Å². The molecular formula is C18H26N2O5S2. The van der Waals surface area contributed by atoms with Gasteiger partial charge in [0.25, 0.3) is 0 Å². The lowest BCUT2D eigenvalue weighted by atomic mass is 10.1. The number of rotatable bonds is 6. The first kappa shape index (κ1) is 20.3. The Morgan fingerprint density at radius 3 is 2.15 bits per heavy atom. The quantitative estimate of drug-likeness (QED) is 0.741. The van der Waals surface area contributed by atoms with Gasteiger partial charge in [-0.25, -0.2) is 16.8 Å². The minimum Gasteiger partial charge on any atom is -0.325 e. The van der Waals surface area contributed by atoms with E-state index >= 15 is 0 Å². The van der Waals surface area contributed by atoms with Gasteiger partial charge in [0.2, 0.25) is 5.91 Å². The standard InChI is InChI=1S/C18H26N2O5S2/c1-2-14-4-3-5-15(10-14)19-18(21)11-20(16-6-8-26(22,23)12-16)17-7-9-27(24,25)13-17/h3-5,10,16-17H,2,6-9,11-13H2,1H3,(H,19,21). The van der Waals surface area contributed by atoms with Crippen molar-refractivity contribution in [2.45, 2.75) is 38.3 Å². The molecule has 1 aromatic rings. The number of hydrogen-bond donors (Lipinski definition) is 1. The van der Waals surface area contributed by atoms with Crippen molar-refractivity contribution in [2.24, 2.45) is 0 Å². The third-order valence-electron chi connectivity index (χ3n) is 5.30. The van der Waals surface area contributed by atoms with Crippen LogP contribution >= 0.6 is 0 Å². The molecular weight excluding hydrogens is 388 g/mol. The van der Waals surface area contributed by atoms with E-state index in [4.69, 9.17) is 0 Å². The maximum Gasteiger partial charge on any atom is 0.238 e. The Morgan fingerprint density at radius 1 is 1.07 bits per heavy atom. The number of carbonyl (C=O) groups is 1. The second kappa shape index (κ2) is 7.89. The number of carbonyl (C=O) groups excluding carboxylic acids is 1. The van der Waals surface area contributed by atoms with Crippen molar-refractivity contribution in [3.63, 3.8) is 0 Å². The first-order chi connectivity index (χ1) is 12.7. The van der Waals surface area contributed by atoms with Gasteiger partial charge < -0.3 is 5.32 Å². The van der Waals surface area contributed by atoms with Crippen molar-refractivity contribution in [3.05, 3.63) is 29.8 Å². The van der Waals surface area contributed by atoms with E-state index in [1.807, 2.05) is 25.1 Å². The van der Waals surface area contributed by atoms with Crippen LogP contribution in [0.5, 0.6) is 0 Å². The number of hydrogen-bond acceptors (Lipinski definition) is 6. The summed E-state index contributed by atoms with van der Waals surface area (Å²) in [6.45, 7) is 2.03. The molecule has 2 atom stereocenters. The molecule has 0 aliphatic carbocycles. The van der Waals surface area contributed by atoms with E-state index in [-0.39, 0.29) is 47.5 Å². The van der Waals surface area contributed by atoms with Crippen LogP contribution in [-0.2, 0) is 30.9 Å². The van der Waals surface area contributed by atoms with E-state index in [9.17, 15) is 21.6 Å². The molecule has 1 amide bonds. The maximum absolute atomic E-state index is 12.6. The molecule has 1 aromatic carbocycles. The fourth-order valence-corrected chi connectivity index (χ4v) is 7.35. The first-order valence-electron chi connectivity index (χ1n) is 9.23. The predicted octanol–water partition coefficient (Wildman–Crippen LogP) is 0.864. The molecule has 150 valence electrons. The lowest BCUT2D eigenvalue weighted by Crippen LogP contribution is -2.48. The Balaban J connectivity index is 1.73. The van der Waals surface area contributed by atoms with Gasteiger partial charge in [-0.05, 0) is 37.0 Å². The summed E-state index contributed by atoms with van der Waals surface area (Å²) >= 11 is 0. The van der Waals surface area contributed by atoms with Crippen molar-refractivity contribution >= 4 is 31.3 Å². The summed E-state index contributed by atoms with van der Waals surface area (Å²) < 4.78 is 47.6. The minimum atomic E-state index is -3.13. The monoisotopic (exact) mass is 414 g/mol. The molecule has 2 aliphatic heterocycles. The SMILES string of the molecule is CCc1cccc(NC(=O)CN(C2CCS(=O)(=O)C2)C2CCS(=O)(=O)C2)c1. The Morgan fingerprint density at radius 2 is 1.67 bits per heavy atom. The summed E-state index contributed by atoms with van der Waals surface area (Å²) in [7, 11) is -6.25. The molecule has 1 N–H and O–H groups in total. The predicted molar refractivity (Wildman–Crippen MR) is 105 cm³/mol. The number of benzene rings is 1. The average molecular weight is 415 g/mol. The molecule has 2 heterocycles. The molecule has 0 spiro atoms. The van der Waals surface area contributed by atoms with Gasteiger partial charge in [-0.2, -0.15) is 0 Å². The van der Waals surface area contributed by atoms with E-state index in [0.717, 1.165) is 12.0 Å². The van der Waals surface area contributed by atoms with Crippen LogP contribution in [0.25, 0.3) is 0 Å². The zero-order valence-electron chi connectivity index (χ0n) is 15.4. The molecule has 9 heteroatoms. The first-order valence-corrected chi connectivity index (χ1v) is 12.9. The molecule has 2 saturated heterocycles. The largest absolute Gasteiger partial charge is 0.325 e. The van der Waals surface area contributed by atoms with Crippen LogP contribution in [-0.4, -0.2) is 69.3 Å². The Bertz CT molecular complexity index is 867. The molecule has 27 heavy (non-hydrogen) atoms. The molecule has 2 fully saturated rings. The van der Waals surface area contributed by atoms with Crippen LogP contribution in [0.3, 0.4) is 0 Å². The molecule has 0 radical (unpaired) electrons. The molecule has 0 saturated carbocycles. The normalized spacial score (nSPS) is 26.3. The number of anilines is 1. The highest BCUT2D eigenvalue weighted by Gasteiger charge is 2.40. The van der Waals surface area contributed by atoms with Crippen molar-refractivity contribution in [3.8, 4) is 0 Å². The molecule has 0 bridgehead atoms. The summed E-state index contributed by atoms with van der Waals surface area (Å²) in [6.07, 6.45) is 1.74. The summed E-state index contributed by atoms with van der Waals surface area (Å²) in [5, 5.41) is 2.86. The van der Waals surface area contributed by atoms with Gasteiger partial charge >= 0.3 is 0 Å². The van der Waals surface area contributed by atoms with Gasteiger partial charge in [0.05, 0.1) is 29.6 Å². The second-order valence-corrected chi connectivity index (χ2v) is 11.8. The van der Waals surface area contributed by atoms with Crippen molar-refractivity contribution in [2.75, 3.05) is 34.9 Å². The third-order valence-corrected chi connectivity index (χ3v) is 8.80. The summed E-state index contributed by atoms with van der Waals surface area (Å²) in [4.78, 5) is 14.4. The van der Waals surface area contributed by atoms with Gasteiger partial charge in [0.1, 0.15) is 0 Å². The Kier molecular flexibility index (Phi) is 5.93. The molecule has 0 aromatic heterocycles. The van der Waals surface area contributed by atoms with Crippen LogP contribution in [0.4, 0.5) is 5.69 Å². The van der Waals surface area contributed by atoms with Crippen LogP contribution < -0.4 is 5.32 Å². The highest BCUT2D eigenvalue weighted by atomic mass is 32.2. The Hall–Kier alpha value is -1.45. The fraction of sp³-hybridized carbons (Fsp3) is 0.611. The number of nitrogens with zero attached hydrogens (tertiary/aromatic N) is 1. The van der Waals surface area contributed by atoms with Crippen molar-refractivity contribution in [1.82, 2.24) is 4.90 Å². The minimum absolute atomic E-state index is 0.00325. The average Bonchev–Trinajstić information content (AvgIpc) is 3.14. The van der Waals surface area contributed by atoms with Crippen LogP contribution in [0.1, 0.15) is 25.3 Å². The number of nitrogens with one attached hydrogen (secondary N) is 1. The number of amides is 1. The van der Waals surface area contributed by atoms with Gasteiger partial charge in [-0.15, -0.1) is 0 Å². The molecule has 3 rings (SSSR count). The number of aryl methyl sites for hydroxylation is 1. The fourth-order valence-electron chi connectivity index (χ4n) is 3.87. The van der Waals surface area contributed by atoms with E-state index < -0.39 is 19.7 Å². The van der Waals surface area contributed by atoms with Crippen molar-refractivity contribution < 1.29 is 21.6 Å². The summed E-state index contributed by atoms with van der Waals surface area (Å²) in [5.41, 5.74) is 1.80. The molecule has 7 nitrogen and oxygen atoms in total. The van der Waals surface area contributed by atoms with Crippen LogP contribution in [0, 0.1) is 0 Å². The summed E-state index contributed by atoms with van der Waals surface area (Å²) in [6, 6.07) is 6.96. The maximum atomic E-state index is 12.6. The van der Waals surface area contributed by atoms with E-state index in [1.165, 1.54) is 0 Å². The molecule has 2 unspecified atom stereocenters. The second-order valence-electron chi connectivity index (χ2n) is 7.39. The highest BCUT2D eigenvalue weighted by molar-refractivity contribution is 7.92. The molecule has 2 aliphatic rings. The van der Waals surface area contributed by atoms with Crippen molar-refractivity contribution in [1.29, 1.82) is 0 Å².